The van der Waals surface area contributed by atoms with E-state index in [9.17, 15) is 8.42 Å². The number of hydrogen-bond donors (Lipinski definition) is 2. The second-order valence-corrected chi connectivity index (χ2v) is 5.70. The van der Waals surface area contributed by atoms with Gasteiger partial charge in [0.25, 0.3) is 0 Å². The van der Waals surface area contributed by atoms with Gasteiger partial charge < -0.3 is 15.1 Å². The third-order valence-electron chi connectivity index (χ3n) is 1.76. The van der Waals surface area contributed by atoms with Crippen molar-refractivity contribution in [2.75, 3.05) is 30.9 Å². The molecule has 0 aliphatic rings. The molecule has 0 aliphatic carbocycles. The minimum Gasteiger partial charge on any atom is -0.407 e. The van der Waals surface area contributed by atoms with Gasteiger partial charge in [-0.3, -0.25) is 0 Å². The molecule has 16 heavy (non-hydrogen) atoms. The minimum atomic E-state index is -2.90. The summed E-state index contributed by atoms with van der Waals surface area (Å²) in [6, 6.07) is 0.318. The van der Waals surface area contributed by atoms with Crippen molar-refractivity contribution >= 4 is 15.9 Å². The normalized spacial score (nSPS) is 11.6. The molecular formula is C8H16N4O3S. The average molecular weight is 248 g/mol. The van der Waals surface area contributed by atoms with Crippen LogP contribution >= 0.6 is 0 Å². The Morgan fingerprint density at radius 3 is 2.75 bits per heavy atom. The highest BCUT2D eigenvalue weighted by Gasteiger charge is 2.05. The van der Waals surface area contributed by atoms with Crippen molar-refractivity contribution in [3.05, 3.63) is 5.89 Å². The lowest BCUT2D eigenvalue weighted by atomic mass is 10.5. The molecule has 0 aliphatic heterocycles. The molecule has 0 saturated heterocycles. The first-order valence-corrected chi connectivity index (χ1v) is 6.96. The number of rotatable bonds is 7. The van der Waals surface area contributed by atoms with Crippen LogP contribution in [0.5, 0.6) is 0 Å². The van der Waals surface area contributed by atoms with Gasteiger partial charge in [-0.15, -0.1) is 5.10 Å². The van der Waals surface area contributed by atoms with Gasteiger partial charge in [0.05, 0.1) is 12.3 Å². The van der Waals surface area contributed by atoms with E-state index in [1.165, 1.54) is 6.26 Å². The number of aromatic nitrogens is 2. The molecule has 0 aromatic carbocycles. The van der Waals surface area contributed by atoms with E-state index in [0.29, 0.717) is 31.4 Å². The molecule has 0 radical (unpaired) electrons. The molecule has 0 unspecified atom stereocenters. The largest absolute Gasteiger partial charge is 0.407 e. The molecule has 0 amide bonds. The van der Waals surface area contributed by atoms with E-state index in [-0.39, 0.29) is 5.75 Å². The second-order valence-electron chi connectivity index (χ2n) is 3.44. The van der Waals surface area contributed by atoms with E-state index in [0.717, 1.165) is 0 Å². The van der Waals surface area contributed by atoms with Gasteiger partial charge in [-0.25, -0.2) is 8.42 Å². The predicted octanol–water partition coefficient (Wildman–Crippen LogP) is -0.364. The van der Waals surface area contributed by atoms with Crippen molar-refractivity contribution in [2.24, 2.45) is 0 Å². The SMILES string of the molecule is CNCc1nnc(NCCCS(C)(=O)=O)o1. The second kappa shape index (κ2) is 5.80. The summed E-state index contributed by atoms with van der Waals surface area (Å²) in [6.07, 6.45) is 1.73. The fourth-order valence-electron chi connectivity index (χ4n) is 1.08. The van der Waals surface area contributed by atoms with Crippen molar-refractivity contribution in [1.82, 2.24) is 15.5 Å². The van der Waals surface area contributed by atoms with Crippen LogP contribution in [0.3, 0.4) is 0 Å². The number of nitrogens with one attached hydrogen (secondary N) is 2. The van der Waals surface area contributed by atoms with Crippen molar-refractivity contribution in [2.45, 2.75) is 13.0 Å². The van der Waals surface area contributed by atoms with Gasteiger partial charge in [0.1, 0.15) is 9.84 Å². The molecule has 1 heterocycles. The summed E-state index contributed by atoms with van der Waals surface area (Å²) >= 11 is 0. The van der Waals surface area contributed by atoms with E-state index in [1.807, 2.05) is 0 Å². The minimum absolute atomic E-state index is 0.150. The van der Waals surface area contributed by atoms with Crippen molar-refractivity contribution in [1.29, 1.82) is 0 Å². The summed E-state index contributed by atoms with van der Waals surface area (Å²) in [5.74, 6) is 0.644. The van der Waals surface area contributed by atoms with E-state index in [1.54, 1.807) is 7.05 Å². The van der Waals surface area contributed by atoms with Crippen LogP contribution in [0.4, 0.5) is 6.01 Å². The summed E-state index contributed by atoms with van der Waals surface area (Å²) in [4.78, 5) is 0. The molecule has 0 saturated carbocycles. The number of anilines is 1. The van der Waals surface area contributed by atoms with Gasteiger partial charge in [0.15, 0.2) is 0 Å². The van der Waals surface area contributed by atoms with Gasteiger partial charge in [0, 0.05) is 12.8 Å². The molecule has 0 atom stereocenters. The molecule has 0 spiro atoms. The van der Waals surface area contributed by atoms with Crippen LogP contribution in [-0.4, -0.2) is 44.2 Å². The highest BCUT2D eigenvalue weighted by molar-refractivity contribution is 7.90. The zero-order valence-electron chi connectivity index (χ0n) is 9.36. The number of nitrogens with zero attached hydrogens (tertiary/aromatic N) is 2. The van der Waals surface area contributed by atoms with Crippen LogP contribution in [0.25, 0.3) is 0 Å². The van der Waals surface area contributed by atoms with E-state index in [2.05, 4.69) is 20.8 Å². The van der Waals surface area contributed by atoms with Crippen molar-refractivity contribution in [3.8, 4) is 0 Å². The van der Waals surface area contributed by atoms with Crippen LogP contribution in [0.15, 0.2) is 4.42 Å². The molecule has 1 aromatic heterocycles. The van der Waals surface area contributed by atoms with E-state index < -0.39 is 9.84 Å². The molecule has 1 aromatic rings. The first-order chi connectivity index (χ1) is 7.51. The third kappa shape index (κ3) is 5.08. The first-order valence-electron chi connectivity index (χ1n) is 4.90. The van der Waals surface area contributed by atoms with Gasteiger partial charge in [-0.2, -0.15) is 0 Å². The Bertz CT molecular complexity index is 415. The van der Waals surface area contributed by atoms with Crippen LogP contribution in [-0.2, 0) is 16.4 Å². The average Bonchev–Trinajstić information content (AvgIpc) is 2.60. The van der Waals surface area contributed by atoms with Gasteiger partial charge in [-0.1, -0.05) is 5.10 Å². The summed E-state index contributed by atoms with van der Waals surface area (Å²) < 4.78 is 26.9. The molecule has 0 bridgehead atoms. The summed E-state index contributed by atoms with van der Waals surface area (Å²) in [7, 11) is -1.12. The van der Waals surface area contributed by atoms with Gasteiger partial charge >= 0.3 is 6.01 Å². The Balaban J connectivity index is 2.26. The predicted molar refractivity (Wildman–Crippen MR) is 59.9 cm³/mol. The maximum absolute atomic E-state index is 10.8. The molecule has 2 N–H and O–H groups in total. The fourth-order valence-corrected chi connectivity index (χ4v) is 1.75. The Kier molecular flexibility index (Phi) is 4.69. The Morgan fingerprint density at radius 1 is 1.38 bits per heavy atom. The quantitative estimate of drug-likeness (QED) is 0.636. The zero-order chi connectivity index (χ0) is 12.0. The molecule has 0 fully saturated rings. The molecule has 8 heteroatoms. The van der Waals surface area contributed by atoms with Crippen LogP contribution in [0, 0.1) is 0 Å². The van der Waals surface area contributed by atoms with Crippen LogP contribution in [0.1, 0.15) is 12.3 Å². The van der Waals surface area contributed by atoms with E-state index in [4.69, 9.17) is 4.42 Å². The van der Waals surface area contributed by atoms with Crippen molar-refractivity contribution in [3.63, 3.8) is 0 Å². The van der Waals surface area contributed by atoms with Gasteiger partial charge in [0.2, 0.25) is 5.89 Å². The van der Waals surface area contributed by atoms with Crippen molar-refractivity contribution < 1.29 is 12.8 Å². The fraction of sp³-hybridized carbons (Fsp3) is 0.750. The molecule has 7 nitrogen and oxygen atoms in total. The van der Waals surface area contributed by atoms with Crippen LogP contribution < -0.4 is 10.6 Å². The summed E-state index contributed by atoms with van der Waals surface area (Å²) in [5, 5.41) is 13.3. The standard InChI is InChI=1S/C8H16N4O3S/c1-9-6-7-11-12-8(15-7)10-4-3-5-16(2,13)14/h9H,3-6H2,1-2H3,(H,10,12). The summed E-state index contributed by atoms with van der Waals surface area (Å²) in [6.45, 7) is 1.01. The Labute approximate surface area is 94.5 Å². The number of hydrogen-bond acceptors (Lipinski definition) is 7. The Morgan fingerprint density at radius 2 is 2.12 bits per heavy atom. The van der Waals surface area contributed by atoms with Gasteiger partial charge in [-0.05, 0) is 13.5 Å². The molecule has 1 rings (SSSR count). The summed E-state index contributed by atoms with van der Waals surface area (Å²) in [5.41, 5.74) is 0. The highest BCUT2D eigenvalue weighted by Crippen LogP contribution is 2.04. The molecule has 92 valence electrons. The molecular weight excluding hydrogens is 232 g/mol. The third-order valence-corrected chi connectivity index (χ3v) is 2.79. The highest BCUT2D eigenvalue weighted by atomic mass is 32.2. The number of sulfone groups is 1. The lowest BCUT2D eigenvalue weighted by Gasteiger charge is -1.99. The van der Waals surface area contributed by atoms with E-state index >= 15 is 0 Å². The maximum Gasteiger partial charge on any atom is 0.315 e. The lowest BCUT2D eigenvalue weighted by Crippen LogP contribution is -2.09. The Hall–Kier alpha value is -1.15. The monoisotopic (exact) mass is 248 g/mol. The van der Waals surface area contributed by atoms with Crippen LogP contribution in [0.2, 0.25) is 0 Å². The lowest BCUT2D eigenvalue weighted by molar-refractivity contribution is 0.489. The first kappa shape index (κ1) is 12.9. The maximum atomic E-state index is 10.8. The smallest absolute Gasteiger partial charge is 0.315 e. The zero-order valence-corrected chi connectivity index (χ0v) is 10.2. The topological polar surface area (TPSA) is 97.1 Å².